The molecule has 0 spiro atoms. The number of ether oxygens (including phenoxy) is 1. The summed E-state index contributed by atoms with van der Waals surface area (Å²) in [5.74, 6) is -1.04. The van der Waals surface area contributed by atoms with E-state index < -0.39 is 22.1 Å². The molecule has 0 saturated carbocycles. The molecule has 0 aliphatic carbocycles. The number of nitrogens with one attached hydrogen (secondary N) is 1. The molecule has 0 bridgehead atoms. The molecule has 7 nitrogen and oxygen atoms in total. The predicted octanol–water partition coefficient (Wildman–Crippen LogP) is 0.610. The van der Waals surface area contributed by atoms with Crippen LogP contribution in [0.3, 0.4) is 0 Å². The third-order valence-corrected chi connectivity index (χ3v) is 4.97. The van der Waals surface area contributed by atoms with E-state index in [0.29, 0.717) is 11.6 Å². The van der Waals surface area contributed by atoms with Crippen molar-refractivity contribution >= 4 is 27.3 Å². The van der Waals surface area contributed by atoms with Crippen LogP contribution in [0.15, 0.2) is 10.4 Å². The second-order valence-corrected chi connectivity index (χ2v) is 6.95. The number of nitrogens with zero attached hydrogens (tertiary/aromatic N) is 1. The van der Waals surface area contributed by atoms with Crippen LogP contribution in [0.1, 0.15) is 18.4 Å². The third kappa shape index (κ3) is 5.23. The Morgan fingerprint density at radius 2 is 2.32 bits per heavy atom. The molecule has 1 atom stereocenters. The Bertz CT molecular complexity index is 526. The Morgan fingerprint density at radius 1 is 1.63 bits per heavy atom. The van der Waals surface area contributed by atoms with Gasteiger partial charge in [0.2, 0.25) is 0 Å². The molecule has 0 aliphatic rings. The normalized spacial score (nSPS) is 13.4. The van der Waals surface area contributed by atoms with Gasteiger partial charge in [-0.2, -0.15) is 0 Å². The molecular weight excluding hydrogens is 292 g/mol. The lowest BCUT2D eigenvalue weighted by molar-refractivity contribution is -0.140. The van der Waals surface area contributed by atoms with Crippen LogP contribution in [-0.2, 0) is 19.6 Å². The summed E-state index contributed by atoms with van der Waals surface area (Å²) in [7, 11) is -3.66. The monoisotopic (exact) mass is 308 g/mol. The third-order valence-electron chi connectivity index (χ3n) is 2.17. The average Bonchev–Trinajstić information content (AvgIpc) is 2.73. The first-order valence-electron chi connectivity index (χ1n) is 5.60. The van der Waals surface area contributed by atoms with Gasteiger partial charge in [0.1, 0.15) is 0 Å². The Labute approximate surface area is 115 Å². The zero-order chi connectivity index (χ0) is 14.5. The number of hydrogen-bond donors (Lipinski definition) is 2. The minimum Gasteiger partial charge on any atom is -0.481 e. The van der Waals surface area contributed by atoms with Crippen molar-refractivity contribution in [1.82, 2.24) is 9.71 Å². The molecule has 19 heavy (non-hydrogen) atoms. The highest BCUT2D eigenvalue weighted by Gasteiger charge is 2.20. The van der Waals surface area contributed by atoms with E-state index in [4.69, 9.17) is 9.84 Å². The standard InChI is InChI=1S/C10H16N2O5S2/c1-3-17-8(4-9(13)14)5-12-19(15,16)10-6-11-7(2)18-10/h6,8,12H,3-5H2,1-2H3,(H,13,14). The number of carbonyl (C=O) groups is 1. The van der Waals surface area contributed by atoms with Crippen LogP contribution in [0, 0.1) is 6.92 Å². The molecule has 1 rings (SSSR count). The van der Waals surface area contributed by atoms with Gasteiger partial charge >= 0.3 is 5.97 Å². The fourth-order valence-electron chi connectivity index (χ4n) is 1.36. The lowest BCUT2D eigenvalue weighted by Crippen LogP contribution is -2.34. The van der Waals surface area contributed by atoms with Gasteiger partial charge < -0.3 is 9.84 Å². The average molecular weight is 308 g/mol. The predicted molar refractivity (Wildman–Crippen MR) is 69.7 cm³/mol. The number of sulfonamides is 1. The molecular formula is C10H16N2O5S2. The Hall–Kier alpha value is -1.03. The molecule has 2 N–H and O–H groups in total. The van der Waals surface area contributed by atoms with Crippen molar-refractivity contribution in [3.05, 3.63) is 11.2 Å². The Balaban J connectivity index is 2.65. The topological polar surface area (TPSA) is 106 Å². The van der Waals surface area contributed by atoms with E-state index in [1.54, 1.807) is 13.8 Å². The highest BCUT2D eigenvalue weighted by molar-refractivity contribution is 7.91. The van der Waals surface area contributed by atoms with Gasteiger partial charge in [0.25, 0.3) is 10.0 Å². The highest BCUT2D eigenvalue weighted by atomic mass is 32.2. The summed E-state index contributed by atoms with van der Waals surface area (Å²) in [4.78, 5) is 14.5. The number of aliphatic carboxylic acids is 1. The van der Waals surface area contributed by atoms with Crippen molar-refractivity contribution in [3.63, 3.8) is 0 Å². The second kappa shape index (κ2) is 6.94. The summed E-state index contributed by atoms with van der Waals surface area (Å²) in [6.45, 7) is 3.66. The van der Waals surface area contributed by atoms with Crippen LogP contribution >= 0.6 is 11.3 Å². The van der Waals surface area contributed by atoms with E-state index in [-0.39, 0.29) is 17.2 Å². The van der Waals surface area contributed by atoms with Gasteiger partial charge in [0, 0.05) is 13.2 Å². The smallest absolute Gasteiger partial charge is 0.306 e. The Kier molecular flexibility index (Phi) is 5.85. The van der Waals surface area contributed by atoms with E-state index in [1.165, 1.54) is 6.20 Å². The number of thiazole rings is 1. The molecule has 108 valence electrons. The van der Waals surface area contributed by atoms with E-state index in [9.17, 15) is 13.2 Å². The quantitative estimate of drug-likeness (QED) is 0.729. The highest BCUT2D eigenvalue weighted by Crippen LogP contribution is 2.17. The molecule has 0 fully saturated rings. The van der Waals surface area contributed by atoms with Gasteiger partial charge in [-0.25, -0.2) is 18.1 Å². The van der Waals surface area contributed by atoms with Crippen LogP contribution in [-0.4, -0.2) is 43.7 Å². The second-order valence-electron chi connectivity index (χ2n) is 3.73. The summed E-state index contributed by atoms with van der Waals surface area (Å²) in [5, 5.41) is 9.34. The lowest BCUT2D eigenvalue weighted by Gasteiger charge is -2.15. The summed E-state index contributed by atoms with van der Waals surface area (Å²) >= 11 is 1.05. The number of aromatic nitrogens is 1. The Morgan fingerprint density at radius 3 is 2.79 bits per heavy atom. The van der Waals surface area contributed by atoms with Crippen molar-refractivity contribution in [3.8, 4) is 0 Å². The fraction of sp³-hybridized carbons (Fsp3) is 0.600. The molecule has 0 aliphatic heterocycles. The van der Waals surface area contributed by atoms with E-state index >= 15 is 0 Å². The molecule has 1 unspecified atom stereocenters. The number of carboxylic acids is 1. The van der Waals surface area contributed by atoms with Crippen molar-refractivity contribution in [1.29, 1.82) is 0 Å². The van der Waals surface area contributed by atoms with Crippen LogP contribution in [0.2, 0.25) is 0 Å². The SMILES string of the molecule is CCOC(CNS(=O)(=O)c1cnc(C)s1)CC(=O)O. The van der Waals surface area contributed by atoms with Gasteiger partial charge in [-0.3, -0.25) is 4.79 Å². The van der Waals surface area contributed by atoms with Crippen LogP contribution < -0.4 is 4.72 Å². The van der Waals surface area contributed by atoms with Crippen LogP contribution in [0.25, 0.3) is 0 Å². The van der Waals surface area contributed by atoms with Gasteiger partial charge in [-0.15, -0.1) is 11.3 Å². The van der Waals surface area contributed by atoms with Crippen molar-refractivity contribution in [2.45, 2.75) is 30.6 Å². The van der Waals surface area contributed by atoms with E-state index in [1.807, 2.05) is 0 Å². The van der Waals surface area contributed by atoms with Gasteiger partial charge in [-0.05, 0) is 13.8 Å². The summed E-state index contributed by atoms with van der Waals surface area (Å²) in [6.07, 6.45) is 0.333. The summed E-state index contributed by atoms with van der Waals surface area (Å²) < 4.78 is 31.4. The first-order chi connectivity index (χ1) is 8.85. The maximum Gasteiger partial charge on any atom is 0.306 e. The maximum absolute atomic E-state index is 11.9. The van der Waals surface area contributed by atoms with Gasteiger partial charge in [-0.1, -0.05) is 0 Å². The molecule has 0 aromatic carbocycles. The largest absolute Gasteiger partial charge is 0.481 e. The maximum atomic E-state index is 11.9. The molecule has 9 heteroatoms. The molecule has 1 aromatic rings. The number of hydrogen-bond acceptors (Lipinski definition) is 6. The minimum absolute atomic E-state index is 0.0839. The number of rotatable bonds is 8. The van der Waals surface area contributed by atoms with Crippen molar-refractivity contribution in [2.24, 2.45) is 0 Å². The summed E-state index contributed by atoms with van der Waals surface area (Å²) in [6, 6.07) is 0. The van der Waals surface area contributed by atoms with Crippen molar-refractivity contribution in [2.75, 3.05) is 13.2 Å². The molecule has 1 aromatic heterocycles. The molecule has 1 heterocycles. The zero-order valence-corrected chi connectivity index (χ0v) is 12.3. The fourth-order valence-corrected chi connectivity index (χ4v) is 3.58. The van der Waals surface area contributed by atoms with Crippen LogP contribution in [0.5, 0.6) is 0 Å². The first kappa shape index (κ1) is 16.0. The van der Waals surface area contributed by atoms with Crippen LogP contribution in [0.4, 0.5) is 0 Å². The van der Waals surface area contributed by atoms with E-state index in [2.05, 4.69) is 9.71 Å². The first-order valence-corrected chi connectivity index (χ1v) is 7.90. The molecule has 0 amide bonds. The number of aryl methyl sites for hydroxylation is 1. The van der Waals surface area contributed by atoms with E-state index in [0.717, 1.165) is 11.3 Å². The van der Waals surface area contributed by atoms with Gasteiger partial charge in [0.05, 0.1) is 23.7 Å². The number of carboxylic acid groups (broad SMARTS) is 1. The summed E-state index contributed by atoms with van der Waals surface area (Å²) in [5.41, 5.74) is 0. The zero-order valence-electron chi connectivity index (χ0n) is 10.6. The van der Waals surface area contributed by atoms with Crippen molar-refractivity contribution < 1.29 is 23.1 Å². The lowest BCUT2D eigenvalue weighted by atomic mass is 10.2. The molecule has 0 radical (unpaired) electrons. The van der Waals surface area contributed by atoms with Gasteiger partial charge in [0.15, 0.2) is 4.21 Å². The minimum atomic E-state index is -3.66. The molecule has 0 saturated heterocycles.